The minimum Gasteiger partial charge on any atom is -0.382 e. The molecular weight excluding hydrogens is 477 g/mol. The number of rotatable bonds is 6. The van der Waals surface area contributed by atoms with Gasteiger partial charge in [-0.05, 0) is 32.1 Å². The Hall–Kier alpha value is -3.88. The summed E-state index contributed by atoms with van der Waals surface area (Å²) in [7, 11) is 2.17. The molecule has 6 rings (SSSR count). The molecule has 5 aromatic rings. The number of anilines is 1. The zero-order valence-electron chi connectivity index (χ0n) is 21.8. The van der Waals surface area contributed by atoms with Crippen molar-refractivity contribution < 1.29 is 4.39 Å². The van der Waals surface area contributed by atoms with Crippen LogP contribution in [-0.4, -0.2) is 68.9 Å². The molecular formula is C30H32FN7. The summed E-state index contributed by atoms with van der Waals surface area (Å²) < 4.78 is 18.1. The van der Waals surface area contributed by atoms with Crippen LogP contribution in [0.5, 0.6) is 0 Å². The first-order chi connectivity index (χ1) is 18.5. The Morgan fingerprint density at radius 2 is 1.74 bits per heavy atom. The van der Waals surface area contributed by atoms with Crippen LogP contribution < -0.4 is 5.73 Å². The molecule has 7 nitrogen and oxygen atoms in total. The highest BCUT2D eigenvalue weighted by Gasteiger charge is 2.24. The van der Waals surface area contributed by atoms with Crippen LogP contribution in [0.4, 0.5) is 10.2 Å². The standard InChI is InChI=1S/C30H32FN7/c1-20(12-14-37-18-16-36(2)17-19-37)30-35-27(28-29(32)33-13-15-38(28)30)23-10-8-22-9-11-24(34-26(22)25(23)31)21-6-4-3-5-7-21/h3-11,13,15,20H,12,14,16-19H2,1-2H3,(H2,32,33). The summed E-state index contributed by atoms with van der Waals surface area (Å²) in [5, 5.41) is 0.737. The Morgan fingerprint density at radius 1 is 0.974 bits per heavy atom. The van der Waals surface area contributed by atoms with Gasteiger partial charge in [-0.25, -0.2) is 19.3 Å². The van der Waals surface area contributed by atoms with E-state index in [0.717, 1.165) is 61.6 Å². The van der Waals surface area contributed by atoms with Crippen LogP contribution in [0.2, 0.25) is 0 Å². The van der Waals surface area contributed by atoms with Crippen molar-refractivity contribution in [3.63, 3.8) is 0 Å². The molecule has 1 atom stereocenters. The highest BCUT2D eigenvalue weighted by atomic mass is 19.1. The molecule has 194 valence electrons. The molecule has 1 saturated heterocycles. The van der Waals surface area contributed by atoms with Crippen LogP contribution >= 0.6 is 0 Å². The van der Waals surface area contributed by atoms with Gasteiger partial charge in [-0.2, -0.15) is 0 Å². The van der Waals surface area contributed by atoms with Crippen molar-refractivity contribution in [3.8, 4) is 22.5 Å². The molecule has 2 N–H and O–H groups in total. The number of halogens is 1. The van der Waals surface area contributed by atoms with Crippen LogP contribution in [0.3, 0.4) is 0 Å². The summed E-state index contributed by atoms with van der Waals surface area (Å²) in [6.07, 6.45) is 4.50. The van der Waals surface area contributed by atoms with Gasteiger partial charge in [0.2, 0.25) is 0 Å². The zero-order chi connectivity index (χ0) is 26.2. The van der Waals surface area contributed by atoms with E-state index in [1.807, 2.05) is 59.1 Å². The third-order valence-corrected chi connectivity index (χ3v) is 7.65. The van der Waals surface area contributed by atoms with E-state index in [9.17, 15) is 0 Å². The molecule has 1 unspecified atom stereocenters. The van der Waals surface area contributed by atoms with E-state index in [-0.39, 0.29) is 5.92 Å². The number of nitrogens with two attached hydrogens (primary N) is 1. The summed E-state index contributed by atoms with van der Waals surface area (Å²) >= 11 is 0. The third kappa shape index (κ3) is 4.50. The van der Waals surface area contributed by atoms with Crippen molar-refractivity contribution >= 4 is 22.2 Å². The summed E-state index contributed by atoms with van der Waals surface area (Å²) in [5.41, 5.74) is 9.85. The van der Waals surface area contributed by atoms with Gasteiger partial charge in [0.05, 0.1) is 5.69 Å². The predicted molar refractivity (Wildman–Crippen MR) is 150 cm³/mol. The first-order valence-corrected chi connectivity index (χ1v) is 13.2. The largest absolute Gasteiger partial charge is 0.382 e. The molecule has 2 aromatic carbocycles. The van der Waals surface area contributed by atoms with Crippen molar-refractivity contribution in [1.29, 1.82) is 0 Å². The Labute approximate surface area is 221 Å². The molecule has 1 aliphatic heterocycles. The summed E-state index contributed by atoms with van der Waals surface area (Å²) in [5.74, 6) is 0.950. The van der Waals surface area contributed by atoms with E-state index >= 15 is 4.39 Å². The number of nitrogens with zero attached hydrogens (tertiary/aromatic N) is 6. The van der Waals surface area contributed by atoms with Gasteiger partial charge in [-0.15, -0.1) is 0 Å². The lowest BCUT2D eigenvalue weighted by Crippen LogP contribution is -2.44. The predicted octanol–water partition coefficient (Wildman–Crippen LogP) is 5.07. The average molecular weight is 510 g/mol. The quantitative estimate of drug-likeness (QED) is 0.344. The molecule has 3 aromatic heterocycles. The van der Waals surface area contributed by atoms with Gasteiger partial charge in [0.15, 0.2) is 5.82 Å². The van der Waals surface area contributed by atoms with Gasteiger partial charge in [0.1, 0.15) is 28.4 Å². The molecule has 38 heavy (non-hydrogen) atoms. The summed E-state index contributed by atoms with van der Waals surface area (Å²) in [4.78, 5) is 18.9. The van der Waals surface area contributed by atoms with E-state index in [0.29, 0.717) is 28.1 Å². The Balaban J connectivity index is 1.39. The van der Waals surface area contributed by atoms with Gasteiger partial charge in [0, 0.05) is 61.0 Å². The first-order valence-electron chi connectivity index (χ1n) is 13.2. The maximum absolute atomic E-state index is 16.2. The average Bonchev–Trinajstić information content (AvgIpc) is 3.34. The molecule has 1 fully saturated rings. The van der Waals surface area contributed by atoms with Gasteiger partial charge in [0.25, 0.3) is 0 Å². The zero-order valence-corrected chi connectivity index (χ0v) is 21.8. The van der Waals surface area contributed by atoms with Crippen LogP contribution in [0, 0.1) is 5.82 Å². The maximum Gasteiger partial charge on any atom is 0.158 e. The van der Waals surface area contributed by atoms with Crippen LogP contribution in [0.1, 0.15) is 25.1 Å². The lowest BCUT2D eigenvalue weighted by atomic mass is 10.0. The van der Waals surface area contributed by atoms with Crippen LogP contribution in [-0.2, 0) is 0 Å². The number of hydrogen-bond acceptors (Lipinski definition) is 6. The highest BCUT2D eigenvalue weighted by Crippen LogP contribution is 2.35. The first kappa shape index (κ1) is 24.5. The molecule has 4 heterocycles. The Morgan fingerprint density at radius 3 is 2.53 bits per heavy atom. The monoisotopic (exact) mass is 509 g/mol. The van der Waals surface area contributed by atoms with E-state index < -0.39 is 5.82 Å². The second-order valence-electron chi connectivity index (χ2n) is 10.2. The highest BCUT2D eigenvalue weighted by molar-refractivity contribution is 5.92. The maximum atomic E-state index is 16.2. The minimum absolute atomic E-state index is 0.157. The molecule has 1 aliphatic rings. The smallest absolute Gasteiger partial charge is 0.158 e. The molecule has 0 aliphatic carbocycles. The van der Waals surface area contributed by atoms with Crippen molar-refractivity contribution in [2.24, 2.45) is 0 Å². The lowest BCUT2D eigenvalue weighted by molar-refractivity contribution is 0.150. The minimum atomic E-state index is -0.403. The number of hydrogen-bond donors (Lipinski definition) is 1. The second-order valence-corrected chi connectivity index (χ2v) is 10.2. The molecule has 0 spiro atoms. The Bertz CT molecular complexity index is 1590. The molecule has 8 heteroatoms. The van der Waals surface area contributed by atoms with Gasteiger partial charge >= 0.3 is 0 Å². The topological polar surface area (TPSA) is 75.6 Å². The molecule has 0 saturated carbocycles. The molecule has 0 bridgehead atoms. The number of nitrogen functional groups attached to an aromatic ring is 1. The fraction of sp³-hybridized carbons (Fsp3) is 0.300. The lowest BCUT2D eigenvalue weighted by Gasteiger charge is -2.32. The van der Waals surface area contributed by atoms with Crippen molar-refractivity contribution in [2.45, 2.75) is 19.3 Å². The number of fused-ring (bicyclic) bond motifs is 2. The van der Waals surface area contributed by atoms with Crippen molar-refractivity contribution in [3.05, 3.63) is 78.6 Å². The van der Waals surface area contributed by atoms with Crippen LogP contribution in [0.25, 0.3) is 38.9 Å². The third-order valence-electron chi connectivity index (χ3n) is 7.65. The number of likely N-dealkylation sites (N-methyl/N-ethyl adjacent to an activating group) is 1. The SMILES string of the molecule is CC(CCN1CCN(C)CC1)c1nc(-c2ccc3ccc(-c4ccccc4)nc3c2F)c2c(N)nccn12. The molecule has 0 amide bonds. The number of benzene rings is 2. The van der Waals surface area contributed by atoms with E-state index in [4.69, 9.17) is 15.7 Å². The van der Waals surface area contributed by atoms with Gasteiger partial charge in [-0.3, -0.25) is 4.40 Å². The summed E-state index contributed by atoms with van der Waals surface area (Å²) in [6.45, 7) is 7.51. The van der Waals surface area contributed by atoms with E-state index in [1.54, 1.807) is 12.3 Å². The number of piperazine rings is 1. The summed E-state index contributed by atoms with van der Waals surface area (Å²) in [6, 6.07) is 17.3. The van der Waals surface area contributed by atoms with Gasteiger partial charge in [-0.1, -0.05) is 49.4 Å². The van der Waals surface area contributed by atoms with Gasteiger partial charge < -0.3 is 15.5 Å². The Kier molecular flexibility index (Phi) is 6.51. The fourth-order valence-electron chi connectivity index (χ4n) is 5.31. The van der Waals surface area contributed by atoms with Crippen LogP contribution in [0.15, 0.2) is 67.0 Å². The fourth-order valence-corrected chi connectivity index (χ4v) is 5.31. The number of aromatic nitrogens is 4. The number of imidazole rings is 1. The normalized spacial score (nSPS) is 15.9. The second kappa shape index (κ2) is 10.1. The molecule has 0 radical (unpaired) electrons. The van der Waals surface area contributed by atoms with Crippen molar-refractivity contribution in [1.82, 2.24) is 29.2 Å². The van der Waals surface area contributed by atoms with Crippen molar-refractivity contribution in [2.75, 3.05) is 45.5 Å². The number of pyridine rings is 1. The van der Waals surface area contributed by atoms with E-state index in [2.05, 4.69) is 28.8 Å². The van der Waals surface area contributed by atoms with E-state index in [1.165, 1.54) is 0 Å².